The van der Waals surface area contributed by atoms with Crippen LogP contribution >= 0.6 is 0 Å². The number of anilines is 1. The van der Waals surface area contributed by atoms with Crippen LogP contribution in [-0.4, -0.2) is 35.3 Å². The molecule has 7 heteroatoms. The lowest BCUT2D eigenvalue weighted by Gasteiger charge is -2.34. The van der Waals surface area contributed by atoms with Crippen molar-refractivity contribution < 1.29 is 23.1 Å². The molecule has 2 rings (SSSR count). The summed E-state index contributed by atoms with van der Waals surface area (Å²) in [7, 11) is 0. The van der Waals surface area contributed by atoms with Crippen LogP contribution in [0.5, 0.6) is 0 Å². The predicted octanol–water partition coefficient (Wildman–Crippen LogP) is 2.56. The van der Waals surface area contributed by atoms with Crippen LogP contribution in [0.15, 0.2) is 18.5 Å². The zero-order chi connectivity index (χ0) is 14.0. The Morgan fingerprint density at radius 1 is 1.37 bits per heavy atom. The first-order valence-corrected chi connectivity index (χ1v) is 5.88. The molecule has 104 valence electrons. The number of pyridine rings is 1. The quantitative estimate of drug-likeness (QED) is 0.900. The lowest BCUT2D eigenvalue weighted by Crippen LogP contribution is -2.39. The molecule has 1 aromatic rings. The van der Waals surface area contributed by atoms with Crippen molar-refractivity contribution in [1.29, 1.82) is 0 Å². The van der Waals surface area contributed by atoms with Crippen LogP contribution in [-0.2, 0) is 0 Å². The molecule has 0 bridgehead atoms. The number of hydrogen-bond acceptors (Lipinski definition) is 3. The smallest absolute Gasteiger partial charge is 0.391 e. The molecule has 1 N–H and O–H groups in total. The van der Waals surface area contributed by atoms with Crippen molar-refractivity contribution in [3.8, 4) is 0 Å². The van der Waals surface area contributed by atoms with Gasteiger partial charge in [0.1, 0.15) is 5.56 Å². The van der Waals surface area contributed by atoms with E-state index in [0.717, 1.165) is 0 Å². The fourth-order valence-electron chi connectivity index (χ4n) is 2.28. The van der Waals surface area contributed by atoms with Crippen molar-refractivity contribution in [2.24, 2.45) is 5.92 Å². The Morgan fingerprint density at radius 3 is 2.53 bits per heavy atom. The minimum Gasteiger partial charge on any atom is -0.478 e. The van der Waals surface area contributed by atoms with Crippen LogP contribution in [0.25, 0.3) is 0 Å². The van der Waals surface area contributed by atoms with Gasteiger partial charge in [0, 0.05) is 25.5 Å². The molecule has 0 spiro atoms. The largest absolute Gasteiger partial charge is 0.478 e. The van der Waals surface area contributed by atoms with Crippen LogP contribution in [0.4, 0.5) is 18.9 Å². The number of aromatic carboxylic acids is 1. The molecule has 1 aliphatic heterocycles. The summed E-state index contributed by atoms with van der Waals surface area (Å²) in [5.74, 6) is -2.42. The second-order valence-corrected chi connectivity index (χ2v) is 4.50. The fourth-order valence-corrected chi connectivity index (χ4v) is 2.28. The number of carboxylic acid groups (broad SMARTS) is 1. The van der Waals surface area contributed by atoms with E-state index in [2.05, 4.69) is 4.98 Å². The molecule has 0 aliphatic carbocycles. The zero-order valence-corrected chi connectivity index (χ0v) is 10.0. The Labute approximate surface area is 107 Å². The molecule has 0 unspecified atom stereocenters. The van der Waals surface area contributed by atoms with Gasteiger partial charge in [0.25, 0.3) is 0 Å². The standard InChI is InChI=1S/C12H13F3N2O2/c13-12(14,15)8-2-5-17(6-3-8)10-1-4-16-7-9(10)11(18)19/h1,4,7-8H,2-3,5-6H2,(H,18,19). The number of hydrogen-bond donors (Lipinski definition) is 1. The number of rotatable bonds is 2. The lowest BCUT2D eigenvalue weighted by atomic mass is 9.95. The molecule has 1 saturated heterocycles. The second kappa shape index (κ2) is 5.07. The van der Waals surface area contributed by atoms with Gasteiger partial charge in [-0.3, -0.25) is 4.98 Å². The third-order valence-electron chi connectivity index (χ3n) is 3.33. The average Bonchev–Trinajstić information content (AvgIpc) is 2.38. The van der Waals surface area contributed by atoms with Gasteiger partial charge in [0.05, 0.1) is 11.6 Å². The summed E-state index contributed by atoms with van der Waals surface area (Å²) in [6, 6.07) is 1.53. The molecule has 0 aromatic carbocycles. The second-order valence-electron chi connectivity index (χ2n) is 4.50. The van der Waals surface area contributed by atoms with Crippen LogP contribution in [0.3, 0.4) is 0 Å². The highest BCUT2D eigenvalue weighted by Crippen LogP contribution is 2.35. The minimum absolute atomic E-state index is 0.00905. The van der Waals surface area contributed by atoms with Gasteiger partial charge in [-0.1, -0.05) is 0 Å². The van der Waals surface area contributed by atoms with Gasteiger partial charge in [-0.15, -0.1) is 0 Å². The normalized spacial score (nSPS) is 17.5. The number of aromatic nitrogens is 1. The summed E-state index contributed by atoms with van der Waals surface area (Å²) in [6.07, 6.45) is -1.53. The summed E-state index contributed by atoms with van der Waals surface area (Å²) in [6.45, 7) is 0.406. The third-order valence-corrected chi connectivity index (χ3v) is 3.33. The maximum atomic E-state index is 12.6. The number of carbonyl (C=O) groups is 1. The van der Waals surface area contributed by atoms with Gasteiger partial charge in [-0.2, -0.15) is 13.2 Å². The van der Waals surface area contributed by atoms with E-state index in [9.17, 15) is 18.0 Å². The fraction of sp³-hybridized carbons (Fsp3) is 0.500. The Kier molecular flexibility index (Phi) is 3.64. The number of piperidine rings is 1. The summed E-state index contributed by atoms with van der Waals surface area (Å²) in [5, 5.41) is 9.03. The molecule has 1 aliphatic rings. The molecule has 2 heterocycles. The van der Waals surface area contributed by atoms with Crippen LogP contribution in [0, 0.1) is 5.92 Å². The van der Waals surface area contributed by atoms with E-state index in [1.807, 2.05) is 0 Å². The third kappa shape index (κ3) is 2.97. The summed E-state index contributed by atoms with van der Waals surface area (Å²) in [4.78, 5) is 16.4. The molecule has 0 saturated carbocycles. The summed E-state index contributed by atoms with van der Waals surface area (Å²) in [5.41, 5.74) is 0.455. The van der Waals surface area contributed by atoms with E-state index in [4.69, 9.17) is 5.11 Å². The number of halogens is 3. The van der Waals surface area contributed by atoms with E-state index in [1.54, 1.807) is 4.90 Å². The molecule has 0 radical (unpaired) electrons. The topological polar surface area (TPSA) is 53.4 Å². The molecule has 19 heavy (non-hydrogen) atoms. The molecule has 0 atom stereocenters. The lowest BCUT2D eigenvalue weighted by molar-refractivity contribution is -0.179. The van der Waals surface area contributed by atoms with Gasteiger partial charge < -0.3 is 10.0 Å². The molecule has 1 fully saturated rings. The van der Waals surface area contributed by atoms with Crippen molar-refractivity contribution >= 4 is 11.7 Å². The van der Waals surface area contributed by atoms with E-state index in [1.165, 1.54) is 18.5 Å². The van der Waals surface area contributed by atoms with Crippen LogP contribution in [0.2, 0.25) is 0 Å². The van der Waals surface area contributed by atoms with Gasteiger partial charge in [-0.05, 0) is 18.9 Å². The van der Waals surface area contributed by atoms with Crippen LogP contribution < -0.4 is 4.90 Å². The maximum absolute atomic E-state index is 12.6. The highest BCUT2D eigenvalue weighted by atomic mass is 19.4. The van der Waals surface area contributed by atoms with Gasteiger partial charge in [-0.25, -0.2) is 4.79 Å². The number of nitrogens with zero attached hydrogens (tertiary/aromatic N) is 2. The van der Waals surface area contributed by atoms with Crippen LogP contribution in [0.1, 0.15) is 23.2 Å². The van der Waals surface area contributed by atoms with Crippen molar-refractivity contribution in [3.05, 3.63) is 24.0 Å². The first-order chi connectivity index (χ1) is 8.89. The summed E-state index contributed by atoms with van der Waals surface area (Å²) >= 11 is 0. The Bertz CT molecular complexity index is 468. The van der Waals surface area contributed by atoms with E-state index in [-0.39, 0.29) is 31.5 Å². The maximum Gasteiger partial charge on any atom is 0.391 e. The zero-order valence-electron chi connectivity index (χ0n) is 10.0. The molecular formula is C12H13F3N2O2. The van der Waals surface area contributed by atoms with Crippen molar-refractivity contribution in [1.82, 2.24) is 4.98 Å². The van der Waals surface area contributed by atoms with Gasteiger partial charge >= 0.3 is 12.1 Å². The number of alkyl halides is 3. The average molecular weight is 274 g/mol. The Morgan fingerprint density at radius 2 is 2.00 bits per heavy atom. The summed E-state index contributed by atoms with van der Waals surface area (Å²) < 4.78 is 37.7. The highest BCUT2D eigenvalue weighted by molar-refractivity contribution is 5.94. The first-order valence-electron chi connectivity index (χ1n) is 5.88. The van der Waals surface area contributed by atoms with Crippen molar-refractivity contribution in [2.75, 3.05) is 18.0 Å². The predicted molar refractivity (Wildman–Crippen MR) is 62.2 cm³/mol. The molecule has 0 amide bonds. The highest BCUT2D eigenvalue weighted by Gasteiger charge is 2.41. The SMILES string of the molecule is O=C(O)c1cnccc1N1CCC(C(F)(F)F)CC1. The van der Waals surface area contributed by atoms with Crippen molar-refractivity contribution in [3.63, 3.8) is 0 Å². The monoisotopic (exact) mass is 274 g/mol. The van der Waals surface area contributed by atoms with Gasteiger partial charge in [0.15, 0.2) is 0 Å². The van der Waals surface area contributed by atoms with E-state index < -0.39 is 18.1 Å². The Balaban J connectivity index is 2.12. The molecule has 1 aromatic heterocycles. The van der Waals surface area contributed by atoms with Gasteiger partial charge in [0.2, 0.25) is 0 Å². The van der Waals surface area contributed by atoms with E-state index >= 15 is 0 Å². The molecule has 4 nitrogen and oxygen atoms in total. The number of carboxylic acids is 1. The van der Waals surface area contributed by atoms with E-state index in [0.29, 0.717) is 5.69 Å². The minimum atomic E-state index is -4.17. The molecular weight excluding hydrogens is 261 g/mol. The Hall–Kier alpha value is -1.79. The van der Waals surface area contributed by atoms with Crippen molar-refractivity contribution in [2.45, 2.75) is 19.0 Å². The first kappa shape index (κ1) is 13.6.